The summed E-state index contributed by atoms with van der Waals surface area (Å²) in [4.78, 5) is 82.5. The van der Waals surface area contributed by atoms with E-state index in [1.807, 2.05) is 41.5 Å². The highest BCUT2D eigenvalue weighted by Gasteiger charge is 2.43. The highest BCUT2D eigenvalue weighted by Crippen LogP contribution is 2.27. The fraction of sp³-hybridized carbons (Fsp3) is 0.744. The van der Waals surface area contributed by atoms with Crippen LogP contribution in [0.1, 0.15) is 98.9 Å². The molecule has 6 N–H and O–H groups in total. The van der Waals surface area contributed by atoms with Crippen LogP contribution in [0.15, 0.2) is 12.4 Å². The summed E-state index contributed by atoms with van der Waals surface area (Å²) in [6, 6.07) is -3.83. The van der Waals surface area contributed by atoms with E-state index in [1.54, 1.807) is 59.5 Å². The third kappa shape index (κ3) is 12.5. The number of likely N-dealkylation sites (N-methyl/N-ethyl adjacent to an activating group) is 2. The zero-order valence-electron chi connectivity index (χ0n) is 36.4. The number of aryl methyl sites for hydroxylation is 2. The van der Waals surface area contributed by atoms with E-state index in [0.29, 0.717) is 69.7 Å². The fourth-order valence-electron chi connectivity index (χ4n) is 7.08. The van der Waals surface area contributed by atoms with Crippen molar-refractivity contribution in [2.24, 2.45) is 10.8 Å². The van der Waals surface area contributed by atoms with Crippen LogP contribution in [-0.2, 0) is 54.9 Å². The molecular formula is C39H66N14O6. The number of carbonyl (C=O) groups excluding carboxylic acids is 6. The maximum Gasteiger partial charge on any atom is 0.246 e. The Kier molecular flexibility index (Phi) is 16.1. The van der Waals surface area contributed by atoms with E-state index >= 15 is 0 Å². The minimum Gasteiger partial charge on any atom is -0.349 e. The number of amides is 6. The monoisotopic (exact) mass is 827 g/mol. The minimum atomic E-state index is -0.793. The van der Waals surface area contributed by atoms with Gasteiger partial charge in [0.15, 0.2) is 0 Å². The van der Waals surface area contributed by atoms with Gasteiger partial charge < -0.3 is 41.7 Å². The number of likely N-dealkylation sites (tertiary alicyclic amines) is 2. The molecule has 4 heterocycles. The van der Waals surface area contributed by atoms with E-state index in [1.165, 1.54) is 0 Å². The second kappa shape index (κ2) is 20.3. The molecule has 59 heavy (non-hydrogen) atoms. The standard InChI is InChI=1S/C39H66N14O6/c1-24(40-9)32(54)44-30(38(3,4)5)36(58)52-18-11-14-28(52)34(56)42-20-26-22-50(48-46-26)16-13-17-51-23-27(47-49-51)21-43-35(57)29-15-12-19-53(29)37(59)31(39(6,7)8)45-33(55)25(2)41-10/h22-25,28-31,40-41H,11-21H2,1-10H3,(H,42,56)(H,43,57)(H,44,54)(H,45,55)/t24-,25-,28-,29+,30+,31+/m0/s1. The van der Waals surface area contributed by atoms with Crippen LogP contribution in [0.2, 0.25) is 0 Å². The van der Waals surface area contributed by atoms with Crippen LogP contribution in [0.5, 0.6) is 0 Å². The normalized spacial score (nSPS) is 19.2. The average molecular weight is 827 g/mol. The number of nitrogens with zero attached hydrogens (tertiary/aromatic N) is 8. The summed E-state index contributed by atoms with van der Waals surface area (Å²) in [6.45, 7) is 17.0. The van der Waals surface area contributed by atoms with Gasteiger partial charge >= 0.3 is 0 Å². The molecule has 0 bridgehead atoms. The second-order valence-corrected chi connectivity index (χ2v) is 17.8. The van der Waals surface area contributed by atoms with Crippen molar-refractivity contribution in [2.45, 2.75) is 150 Å². The molecule has 6 atom stereocenters. The van der Waals surface area contributed by atoms with Gasteiger partial charge in [0.2, 0.25) is 35.4 Å². The number of nitrogens with one attached hydrogen (secondary N) is 6. The van der Waals surface area contributed by atoms with Crippen LogP contribution >= 0.6 is 0 Å². The Labute approximate surface area is 347 Å². The molecule has 4 rings (SSSR count). The Balaban J connectivity index is 1.22. The summed E-state index contributed by atoms with van der Waals surface area (Å²) in [5, 5.41) is 34.1. The van der Waals surface area contributed by atoms with Crippen molar-refractivity contribution in [2.75, 3.05) is 27.2 Å². The zero-order chi connectivity index (χ0) is 43.7. The minimum absolute atomic E-state index is 0.144. The molecule has 2 aromatic heterocycles. The molecule has 0 spiro atoms. The Morgan fingerprint density at radius 2 is 1.03 bits per heavy atom. The zero-order valence-corrected chi connectivity index (χ0v) is 36.4. The Morgan fingerprint density at radius 1 is 0.661 bits per heavy atom. The Bertz CT molecular complexity index is 1650. The van der Waals surface area contributed by atoms with Gasteiger partial charge in [-0.05, 0) is 70.9 Å². The van der Waals surface area contributed by atoms with Crippen LogP contribution in [-0.4, -0.2) is 139 Å². The topological polar surface area (TPSA) is 242 Å². The van der Waals surface area contributed by atoms with E-state index < -0.39 is 47.1 Å². The van der Waals surface area contributed by atoms with Crippen molar-refractivity contribution in [1.82, 2.24) is 71.7 Å². The molecule has 20 nitrogen and oxygen atoms in total. The highest BCUT2D eigenvalue weighted by molar-refractivity contribution is 5.95. The smallest absolute Gasteiger partial charge is 0.246 e. The lowest BCUT2D eigenvalue weighted by Crippen LogP contribution is -2.59. The predicted molar refractivity (Wildman–Crippen MR) is 218 cm³/mol. The van der Waals surface area contributed by atoms with E-state index in [4.69, 9.17) is 0 Å². The summed E-state index contributed by atoms with van der Waals surface area (Å²) in [6.07, 6.45) is 6.57. The van der Waals surface area contributed by atoms with Crippen LogP contribution in [0.3, 0.4) is 0 Å². The van der Waals surface area contributed by atoms with Gasteiger partial charge in [0.1, 0.15) is 35.6 Å². The largest absolute Gasteiger partial charge is 0.349 e. The molecule has 2 saturated heterocycles. The Morgan fingerprint density at radius 3 is 1.37 bits per heavy atom. The average Bonchev–Trinajstić information content (AvgIpc) is 4.03. The second-order valence-electron chi connectivity index (χ2n) is 17.8. The molecular weight excluding hydrogens is 761 g/mol. The molecule has 0 radical (unpaired) electrons. The van der Waals surface area contributed by atoms with Gasteiger partial charge in [-0.25, -0.2) is 0 Å². The van der Waals surface area contributed by atoms with Crippen LogP contribution < -0.4 is 31.9 Å². The van der Waals surface area contributed by atoms with Gasteiger partial charge in [0.05, 0.1) is 37.6 Å². The van der Waals surface area contributed by atoms with Gasteiger partial charge in [-0.1, -0.05) is 52.0 Å². The van der Waals surface area contributed by atoms with Gasteiger partial charge in [-0.3, -0.25) is 38.1 Å². The molecule has 328 valence electrons. The van der Waals surface area contributed by atoms with Crippen molar-refractivity contribution in [1.29, 1.82) is 0 Å². The van der Waals surface area contributed by atoms with E-state index in [9.17, 15) is 28.8 Å². The lowest BCUT2D eigenvalue weighted by molar-refractivity contribution is -0.144. The van der Waals surface area contributed by atoms with Crippen molar-refractivity contribution in [3.63, 3.8) is 0 Å². The lowest BCUT2D eigenvalue weighted by atomic mass is 9.85. The molecule has 0 aromatic carbocycles. The summed E-state index contributed by atoms with van der Waals surface area (Å²) < 4.78 is 3.36. The van der Waals surface area contributed by atoms with E-state index in [0.717, 1.165) is 0 Å². The molecule has 0 unspecified atom stereocenters. The van der Waals surface area contributed by atoms with Crippen molar-refractivity contribution in [3.8, 4) is 0 Å². The molecule has 2 aliphatic rings. The fourth-order valence-corrected chi connectivity index (χ4v) is 7.08. The number of hydrogen-bond donors (Lipinski definition) is 6. The molecule has 2 aliphatic heterocycles. The number of hydrogen-bond acceptors (Lipinski definition) is 12. The summed E-state index contributed by atoms with van der Waals surface area (Å²) in [5.41, 5.74) is 0.00354. The number of aromatic nitrogens is 6. The van der Waals surface area contributed by atoms with E-state index in [-0.39, 0.29) is 48.5 Å². The quantitative estimate of drug-likeness (QED) is 0.111. The maximum absolute atomic E-state index is 13.7. The van der Waals surface area contributed by atoms with E-state index in [2.05, 4.69) is 52.5 Å². The van der Waals surface area contributed by atoms with Crippen LogP contribution in [0, 0.1) is 10.8 Å². The third-order valence-electron chi connectivity index (χ3n) is 11.0. The lowest BCUT2D eigenvalue weighted by Gasteiger charge is -2.36. The number of rotatable bonds is 18. The molecule has 2 fully saturated rings. The third-order valence-corrected chi connectivity index (χ3v) is 11.0. The first kappa shape index (κ1) is 46.7. The summed E-state index contributed by atoms with van der Waals surface area (Å²) in [5.74, 6) is -1.69. The summed E-state index contributed by atoms with van der Waals surface area (Å²) >= 11 is 0. The van der Waals surface area contributed by atoms with Crippen molar-refractivity contribution >= 4 is 35.4 Å². The highest BCUT2D eigenvalue weighted by atomic mass is 16.2. The van der Waals surface area contributed by atoms with Crippen LogP contribution in [0.4, 0.5) is 0 Å². The first-order valence-corrected chi connectivity index (χ1v) is 20.6. The van der Waals surface area contributed by atoms with Crippen LogP contribution in [0.25, 0.3) is 0 Å². The predicted octanol–water partition coefficient (Wildman–Crippen LogP) is -0.548. The number of carbonyl (C=O) groups is 6. The molecule has 2 aromatic rings. The van der Waals surface area contributed by atoms with Crippen molar-refractivity contribution in [3.05, 3.63) is 23.8 Å². The first-order valence-electron chi connectivity index (χ1n) is 20.6. The molecule has 0 aliphatic carbocycles. The molecule has 0 saturated carbocycles. The van der Waals surface area contributed by atoms with Gasteiger partial charge in [0.25, 0.3) is 0 Å². The Hall–Kier alpha value is -4.98. The van der Waals surface area contributed by atoms with Gasteiger partial charge in [0, 0.05) is 26.2 Å². The van der Waals surface area contributed by atoms with Gasteiger partial charge in [-0.15, -0.1) is 10.2 Å². The first-order chi connectivity index (χ1) is 27.7. The SMILES string of the molecule is CN[C@@H](C)C(=O)N[C@H](C(=O)N1CCC[C@@H]1C(=O)NCc1cn(CCCn2cc(CNC(=O)[C@@H]3CCCN3C(=O)[C@@H](NC(=O)[C@H](C)NC)C(C)(C)C)nn2)nn1)C(C)(C)C. The molecule has 20 heteroatoms. The maximum atomic E-state index is 13.7. The van der Waals surface area contributed by atoms with Crippen molar-refractivity contribution < 1.29 is 28.8 Å². The van der Waals surface area contributed by atoms with Gasteiger partial charge in [-0.2, -0.15) is 0 Å². The summed E-state index contributed by atoms with van der Waals surface area (Å²) in [7, 11) is 3.36. The molecule has 6 amide bonds.